The Kier molecular flexibility index (Phi) is 7.09. The van der Waals surface area contributed by atoms with Gasteiger partial charge in [-0.05, 0) is 18.7 Å². The Morgan fingerprint density at radius 2 is 2.13 bits per heavy atom. The van der Waals surface area contributed by atoms with Crippen molar-refractivity contribution in [1.29, 1.82) is 0 Å². The zero-order valence-electron chi connectivity index (χ0n) is 13.2. The van der Waals surface area contributed by atoms with Crippen LogP contribution in [0.1, 0.15) is 19.2 Å². The van der Waals surface area contributed by atoms with E-state index >= 15 is 0 Å². The number of aromatic nitrogens is 2. The molecule has 7 heteroatoms. The SMILES string of the molecule is CCNCCNC(=O)CCSCc1nc2ccccc2c(=O)[nH]1. The molecule has 1 aromatic heterocycles. The summed E-state index contributed by atoms with van der Waals surface area (Å²) in [6.07, 6.45) is 0.467. The van der Waals surface area contributed by atoms with Gasteiger partial charge in [-0.2, -0.15) is 11.8 Å². The first kappa shape index (κ1) is 17.5. The first-order valence-corrected chi connectivity index (χ1v) is 8.89. The second-order valence-corrected chi connectivity index (χ2v) is 6.14. The van der Waals surface area contributed by atoms with Crippen molar-refractivity contribution in [1.82, 2.24) is 20.6 Å². The van der Waals surface area contributed by atoms with Crippen LogP contribution in [0.4, 0.5) is 0 Å². The van der Waals surface area contributed by atoms with Gasteiger partial charge in [0.05, 0.1) is 16.7 Å². The fourth-order valence-electron chi connectivity index (χ4n) is 2.09. The maximum absolute atomic E-state index is 11.9. The quantitative estimate of drug-likeness (QED) is 0.601. The van der Waals surface area contributed by atoms with Gasteiger partial charge in [0, 0.05) is 25.3 Å². The molecule has 3 N–H and O–H groups in total. The van der Waals surface area contributed by atoms with Gasteiger partial charge >= 0.3 is 0 Å². The first-order valence-electron chi connectivity index (χ1n) is 7.74. The molecule has 0 saturated heterocycles. The molecule has 23 heavy (non-hydrogen) atoms. The first-order chi connectivity index (χ1) is 11.2. The predicted octanol–water partition coefficient (Wildman–Crippen LogP) is 1.27. The van der Waals surface area contributed by atoms with Crippen molar-refractivity contribution in [3.05, 3.63) is 40.4 Å². The molecule has 0 aliphatic rings. The van der Waals surface area contributed by atoms with Crippen LogP contribution < -0.4 is 16.2 Å². The van der Waals surface area contributed by atoms with Gasteiger partial charge in [-0.25, -0.2) is 4.98 Å². The molecule has 0 bridgehead atoms. The van der Waals surface area contributed by atoms with E-state index < -0.39 is 0 Å². The summed E-state index contributed by atoms with van der Waals surface area (Å²) in [7, 11) is 0. The number of para-hydroxylation sites is 1. The molecular weight excluding hydrogens is 312 g/mol. The molecule has 0 fully saturated rings. The summed E-state index contributed by atoms with van der Waals surface area (Å²) in [4.78, 5) is 30.8. The molecule has 1 aromatic carbocycles. The van der Waals surface area contributed by atoms with E-state index in [1.165, 1.54) is 0 Å². The molecule has 0 atom stereocenters. The van der Waals surface area contributed by atoms with Crippen LogP contribution in [0.25, 0.3) is 10.9 Å². The van der Waals surface area contributed by atoms with Crippen LogP contribution in [-0.2, 0) is 10.5 Å². The topological polar surface area (TPSA) is 86.9 Å². The van der Waals surface area contributed by atoms with Crippen LogP contribution in [-0.4, -0.2) is 41.3 Å². The summed E-state index contributed by atoms with van der Waals surface area (Å²) in [5.41, 5.74) is 0.584. The molecule has 0 spiro atoms. The van der Waals surface area contributed by atoms with Crippen LogP contribution in [0, 0.1) is 0 Å². The number of hydrogen-bond donors (Lipinski definition) is 3. The maximum atomic E-state index is 11.9. The van der Waals surface area contributed by atoms with Gasteiger partial charge in [-0.15, -0.1) is 0 Å². The molecule has 2 rings (SSSR count). The number of fused-ring (bicyclic) bond motifs is 1. The third-order valence-corrected chi connectivity index (χ3v) is 4.22. The molecule has 0 unspecified atom stereocenters. The lowest BCUT2D eigenvalue weighted by Gasteiger charge is -2.06. The molecule has 0 aliphatic heterocycles. The number of thioether (sulfide) groups is 1. The van der Waals surface area contributed by atoms with Crippen LogP contribution in [0.15, 0.2) is 29.1 Å². The van der Waals surface area contributed by atoms with Gasteiger partial charge in [0.1, 0.15) is 5.82 Å². The Hall–Kier alpha value is -1.86. The molecule has 124 valence electrons. The van der Waals surface area contributed by atoms with Crippen LogP contribution in [0.2, 0.25) is 0 Å². The number of carbonyl (C=O) groups excluding carboxylic acids is 1. The number of likely N-dealkylation sites (N-methyl/N-ethyl adjacent to an activating group) is 1. The van der Waals surface area contributed by atoms with E-state index in [1.807, 2.05) is 25.1 Å². The minimum Gasteiger partial charge on any atom is -0.355 e. The number of aromatic amines is 1. The van der Waals surface area contributed by atoms with Gasteiger partial charge in [0.15, 0.2) is 0 Å². The number of benzene rings is 1. The highest BCUT2D eigenvalue weighted by Crippen LogP contribution is 2.11. The fraction of sp³-hybridized carbons (Fsp3) is 0.438. The average molecular weight is 334 g/mol. The molecular formula is C16H22N4O2S. The van der Waals surface area contributed by atoms with Crippen LogP contribution >= 0.6 is 11.8 Å². The standard InChI is InChI=1S/C16H22N4O2S/c1-2-17-8-9-18-15(21)7-10-23-11-14-19-13-6-4-3-5-12(13)16(22)20-14/h3-6,17H,2,7-11H2,1H3,(H,18,21)(H,19,20,22). The van der Waals surface area contributed by atoms with Gasteiger partial charge in [-0.3, -0.25) is 9.59 Å². The minimum absolute atomic E-state index is 0.0513. The van der Waals surface area contributed by atoms with Crippen LogP contribution in [0.5, 0.6) is 0 Å². The number of H-pyrrole nitrogens is 1. The van der Waals surface area contributed by atoms with Crippen molar-refractivity contribution in [2.45, 2.75) is 19.1 Å². The highest BCUT2D eigenvalue weighted by atomic mass is 32.2. The number of carbonyl (C=O) groups is 1. The van der Waals surface area contributed by atoms with Crippen molar-refractivity contribution in [2.75, 3.05) is 25.4 Å². The highest BCUT2D eigenvalue weighted by molar-refractivity contribution is 7.98. The molecule has 0 radical (unpaired) electrons. The smallest absolute Gasteiger partial charge is 0.258 e. The number of hydrogen-bond acceptors (Lipinski definition) is 5. The lowest BCUT2D eigenvalue weighted by molar-refractivity contribution is -0.120. The fourth-order valence-corrected chi connectivity index (χ4v) is 2.90. The third-order valence-electron chi connectivity index (χ3n) is 3.25. The lowest BCUT2D eigenvalue weighted by Crippen LogP contribution is -2.31. The normalized spacial score (nSPS) is 10.8. The molecule has 0 aliphatic carbocycles. The molecule has 0 saturated carbocycles. The second-order valence-electron chi connectivity index (χ2n) is 5.04. The van der Waals surface area contributed by atoms with Crippen molar-refractivity contribution in [3.63, 3.8) is 0 Å². The Labute approximate surface area is 139 Å². The van der Waals surface area contributed by atoms with Gasteiger partial charge in [0.25, 0.3) is 5.56 Å². The highest BCUT2D eigenvalue weighted by Gasteiger charge is 2.04. The van der Waals surface area contributed by atoms with E-state index in [4.69, 9.17) is 0 Å². The zero-order valence-corrected chi connectivity index (χ0v) is 14.0. The van der Waals surface area contributed by atoms with E-state index in [-0.39, 0.29) is 11.5 Å². The summed E-state index contributed by atoms with van der Waals surface area (Å²) in [6, 6.07) is 7.28. The van der Waals surface area contributed by atoms with Crippen molar-refractivity contribution < 1.29 is 4.79 Å². The molecule has 1 heterocycles. The number of nitrogens with zero attached hydrogens (tertiary/aromatic N) is 1. The predicted molar refractivity (Wildman–Crippen MR) is 94.7 cm³/mol. The average Bonchev–Trinajstić information content (AvgIpc) is 2.56. The van der Waals surface area contributed by atoms with Crippen LogP contribution in [0.3, 0.4) is 0 Å². The van der Waals surface area contributed by atoms with E-state index in [0.29, 0.717) is 41.2 Å². The van der Waals surface area contributed by atoms with Gasteiger partial charge < -0.3 is 15.6 Å². The summed E-state index contributed by atoms with van der Waals surface area (Å²) in [5.74, 6) is 1.98. The van der Waals surface area contributed by atoms with Crippen molar-refractivity contribution in [3.8, 4) is 0 Å². The van der Waals surface area contributed by atoms with Gasteiger partial charge in [-0.1, -0.05) is 19.1 Å². The number of nitrogens with one attached hydrogen (secondary N) is 3. The Morgan fingerprint density at radius 3 is 2.96 bits per heavy atom. The monoisotopic (exact) mass is 334 g/mol. The Balaban J connectivity index is 1.74. The minimum atomic E-state index is -0.118. The Morgan fingerprint density at radius 1 is 1.30 bits per heavy atom. The molecule has 1 amide bonds. The summed E-state index contributed by atoms with van der Waals surface area (Å²) < 4.78 is 0. The van der Waals surface area contributed by atoms with Gasteiger partial charge in [0.2, 0.25) is 5.91 Å². The van der Waals surface area contributed by atoms with E-state index in [0.717, 1.165) is 13.1 Å². The largest absolute Gasteiger partial charge is 0.355 e. The number of amides is 1. The summed E-state index contributed by atoms with van der Waals surface area (Å²) in [5, 5.41) is 6.61. The number of rotatable bonds is 9. The van der Waals surface area contributed by atoms with Crippen molar-refractivity contribution >= 4 is 28.6 Å². The Bertz CT molecular complexity index is 702. The lowest BCUT2D eigenvalue weighted by atomic mass is 10.2. The second kappa shape index (κ2) is 9.32. The zero-order chi connectivity index (χ0) is 16.5. The van der Waals surface area contributed by atoms with E-state index in [1.54, 1.807) is 17.8 Å². The van der Waals surface area contributed by atoms with E-state index in [9.17, 15) is 9.59 Å². The maximum Gasteiger partial charge on any atom is 0.258 e. The van der Waals surface area contributed by atoms with E-state index in [2.05, 4.69) is 20.6 Å². The third kappa shape index (κ3) is 5.69. The molecule has 6 nitrogen and oxygen atoms in total. The van der Waals surface area contributed by atoms with Crippen molar-refractivity contribution in [2.24, 2.45) is 0 Å². The summed E-state index contributed by atoms with van der Waals surface area (Å²) >= 11 is 1.59. The summed E-state index contributed by atoms with van der Waals surface area (Å²) in [6.45, 7) is 4.38. The molecule has 2 aromatic rings.